The van der Waals surface area contributed by atoms with Crippen molar-refractivity contribution in [3.8, 4) is 17.2 Å². The quantitative estimate of drug-likeness (QED) is 0.426. The third-order valence-electron chi connectivity index (χ3n) is 7.75. The highest BCUT2D eigenvalue weighted by molar-refractivity contribution is 5.97. The van der Waals surface area contributed by atoms with Gasteiger partial charge >= 0.3 is 0 Å². The van der Waals surface area contributed by atoms with Crippen molar-refractivity contribution >= 4 is 47.3 Å². The third kappa shape index (κ3) is 5.80. The van der Waals surface area contributed by atoms with E-state index in [0.29, 0.717) is 6.61 Å². The lowest BCUT2D eigenvalue weighted by Gasteiger charge is -2.36. The minimum Gasteiger partial charge on any atom is -0.486 e. The Morgan fingerprint density at radius 1 is 1.00 bits per heavy atom. The summed E-state index contributed by atoms with van der Waals surface area (Å²) in [6.07, 6.45) is 4.61. The van der Waals surface area contributed by atoms with Crippen molar-refractivity contribution in [1.82, 2.24) is 9.88 Å². The van der Waals surface area contributed by atoms with Gasteiger partial charge in [0.1, 0.15) is 18.5 Å². The molecule has 204 valence electrons. The van der Waals surface area contributed by atoms with Crippen LogP contribution in [0.2, 0.25) is 0 Å². The maximum absolute atomic E-state index is 12.0. The highest BCUT2D eigenvalue weighted by Crippen LogP contribution is 2.39. The Balaban J connectivity index is 0.00000168. The highest BCUT2D eigenvalue weighted by Gasteiger charge is 2.28. The Labute approximate surface area is 236 Å². The van der Waals surface area contributed by atoms with Crippen LogP contribution in [0.3, 0.4) is 0 Å². The fraction of sp³-hybridized carbons (Fsp3) is 0.448. The average Bonchev–Trinajstić information content (AvgIpc) is 2.90. The van der Waals surface area contributed by atoms with Crippen molar-refractivity contribution in [2.24, 2.45) is 5.92 Å². The first kappa shape index (κ1) is 28.3. The molecule has 1 aromatic heterocycles. The van der Waals surface area contributed by atoms with Gasteiger partial charge in [-0.2, -0.15) is 0 Å². The van der Waals surface area contributed by atoms with E-state index in [-0.39, 0.29) is 43.4 Å². The molecule has 0 spiro atoms. The van der Waals surface area contributed by atoms with Crippen LogP contribution >= 0.6 is 24.8 Å². The van der Waals surface area contributed by atoms with Gasteiger partial charge in [0, 0.05) is 24.7 Å². The van der Waals surface area contributed by atoms with Gasteiger partial charge in [0.05, 0.1) is 11.2 Å². The molecule has 3 aromatic rings. The third-order valence-corrected chi connectivity index (χ3v) is 7.75. The van der Waals surface area contributed by atoms with Crippen molar-refractivity contribution in [2.45, 2.75) is 38.7 Å². The number of aromatic nitrogens is 1. The summed E-state index contributed by atoms with van der Waals surface area (Å²) in [5.41, 5.74) is 4.10. The van der Waals surface area contributed by atoms with Crippen LogP contribution in [0.1, 0.15) is 30.5 Å². The summed E-state index contributed by atoms with van der Waals surface area (Å²) >= 11 is 0. The molecule has 1 fully saturated rings. The molecule has 0 bridgehead atoms. The number of likely N-dealkylation sites (N-methyl/N-ethyl adjacent to an activating group) is 1. The smallest absolute Gasteiger partial charge is 0.264 e. The first-order valence-corrected chi connectivity index (χ1v) is 13.0. The Kier molecular flexibility index (Phi) is 8.91. The SMILES string of the molecule is Cc1ccc2c3c(ccc2n1)OC[C@H](CN1CCC(CCc2ccc4c(c2)N(C)C(=O)CO4)CC1)O3.Cl.Cl. The van der Waals surface area contributed by atoms with E-state index in [2.05, 4.69) is 28.1 Å². The van der Waals surface area contributed by atoms with Gasteiger partial charge in [-0.1, -0.05) is 6.07 Å². The zero-order valence-electron chi connectivity index (χ0n) is 21.9. The number of carbonyl (C=O) groups is 1. The van der Waals surface area contributed by atoms with Crippen molar-refractivity contribution in [2.75, 3.05) is 44.8 Å². The Morgan fingerprint density at radius 2 is 1.79 bits per heavy atom. The molecule has 4 heterocycles. The molecule has 7 nitrogen and oxygen atoms in total. The van der Waals surface area contributed by atoms with Crippen LogP contribution in [0.25, 0.3) is 10.9 Å². The van der Waals surface area contributed by atoms with E-state index in [4.69, 9.17) is 14.2 Å². The van der Waals surface area contributed by atoms with Crippen molar-refractivity contribution in [3.63, 3.8) is 0 Å². The van der Waals surface area contributed by atoms with Gasteiger partial charge in [-0.25, -0.2) is 0 Å². The number of likely N-dealkylation sites (tertiary alicyclic amines) is 1. The molecule has 1 amide bonds. The van der Waals surface area contributed by atoms with Crippen LogP contribution in [-0.2, 0) is 11.2 Å². The summed E-state index contributed by atoms with van der Waals surface area (Å²) in [5.74, 6) is 3.16. The van der Waals surface area contributed by atoms with Crippen LogP contribution in [0, 0.1) is 12.8 Å². The fourth-order valence-corrected chi connectivity index (χ4v) is 5.56. The summed E-state index contributed by atoms with van der Waals surface area (Å²) in [7, 11) is 1.82. The number of piperidine rings is 1. The molecule has 6 rings (SSSR count). The monoisotopic (exact) mass is 559 g/mol. The molecule has 0 unspecified atom stereocenters. The molecule has 0 saturated carbocycles. The highest BCUT2D eigenvalue weighted by atomic mass is 35.5. The normalized spacial score (nSPS) is 19.3. The van der Waals surface area contributed by atoms with E-state index >= 15 is 0 Å². The minimum atomic E-state index is 0. The molecule has 1 saturated heterocycles. The number of amides is 1. The first-order chi connectivity index (χ1) is 17.5. The number of benzene rings is 2. The van der Waals surface area contributed by atoms with E-state index in [1.54, 1.807) is 4.90 Å². The Morgan fingerprint density at radius 3 is 2.61 bits per heavy atom. The van der Waals surface area contributed by atoms with Crippen LogP contribution in [0.4, 0.5) is 5.69 Å². The van der Waals surface area contributed by atoms with Crippen molar-refractivity contribution < 1.29 is 19.0 Å². The zero-order chi connectivity index (χ0) is 24.6. The maximum atomic E-state index is 12.0. The van der Waals surface area contributed by atoms with Gasteiger partial charge in [-0.3, -0.25) is 14.7 Å². The average molecular weight is 561 g/mol. The number of pyridine rings is 1. The molecule has 1 atom stereocenters. The topological polar surface area (TPSA) is 64.1 Å². The second kappa shape index (κ2) is 12.0. The lowest BCUT2D eigenvalue weighted by Crippen LogP contribution is -2.44. The summed E-state index contributed by atoms with van der Waals surface area (Å²) < 4.78 is 18.1. The van der Waals surface area contributed by atoms with Gasteiger partial charge < -0.3 is 19.1 Å². The number of halogens is 2. The van der Waals surface area contributed by atoms with Crippen LogP contribution in [0.5, 0.6) is 17.2 Å². The predicted octanol–water partition coefficient (Wildman–Crippen LogP) is 5.23. The molecule has 0 radical (unpaired) electrons. The number of fused-ring (bicyclic) bond motifs is 4. The van der Waals surface area contributed by atoms with E-state index < -0.39 is 0 Å². The van der Waals surface area contributed by atoms with Gasteiger partial charge in [0.2, 0.25) is 0 Å². The number of hydrogen-bond donors (Lipinski definition) is 0. The van der Waals surface area contributed by atoms with E-state index in [0.717, 1.165) is 71.5 Å². The van der Waals surface area contributed by atoms with E-state index in [1.807, 2.05) is 38.2 Å². The number of anilines is 1. The van der Waals surface area contributed by atoms with E-state index in [9.17, 15) is 4.79 Å². The molecule has 3 aliphatic rings. The van der Waals surface area contributed by atoms with Crippen LogP contribution < -0.4 is 19.1 Å². The Bertz CT molecular complexity index is 1300. The molecule has 3 aliphatic heterocycles. The molecular formula is C29H35Cl2N3O4. The fourth-order valence-electron chi connectivity index (χ4n) is 5.56. The van der Waals surface area contributed by atoms with Crippen molar-refractivity contribution in [1.29, 1.82) is 0 Å². The standard InChI is InChI=1S/C29H33N3O4.2ClH/c1-19-3-7-23-24(30-19)8-10-27-29(23)36-22(17-34-27)16-32-13-11-20(12-14-32)4-5-21-6-9-26-25(15-21)31(2)28(33)18-35-26;;/h3,6-10,15,20,22H,4-5,11-14,16-18H2,1-2H3;2*1H/t22-;;/m0../s1. The molecule has 0 aliphatic carbocycles. The number of nitrogens with zero attached hydrogens (tertiary/aromatic N) is 3. The molecule has 9 heteroatoms. The van der Waals surface area contributed by atoms with Crippen LogP contribution in [-0.4, -0.2) is 61.8 Å². The van der Waals surface area contributed by atoms with Crippen LogP contribution in [0.15, 0.2) is 42.5 Å². The predicted molar refractivity (Wildman–Crippen MR) is 154 cm³/mol. The number of aryl methyl sites for hydroxylation is 2. The zero-order valence-corrected chi connectivity index (χ0v) is 23.5. The second-order valence-electron chi connectivity index (χ2n) is 10.3. The van der Waals surface area contributed by atoms with E-state index in [1.165, 1.54) is 24.8 Å². The molecule has 0 N–H and O–H groups in total. The van der Waals surface area contributed by atoms with Gasteiger partial charge in [-0.15, -0.1) is 24.8 Å². The van der Waals surface area contributed by atoms with Gasteiger partial charge in [-0.05, 0) is 93.6 Å². The van der Waals surface area contributed by atoms with Crippen molar-refractivity contribution in [3.05, 3.63) is 53.7 Å². The molecular weight excluding hydrogens is 525 g/mol. The number of carbonyl (C=O) groups excluding carboxylic acids is 1. The summed E-state index contributed by atoms with van der Waals surface area (Å²) in [5, 5.41) is 1.02. The van der Waals surface area contributed by atoms with Gasteiger partial charge in [0.15, 0.2) is 18.1 Å². The summed E-state index contributed by atoms with van der Waals surface area (Å²) in [6, 6.07) is 14.3. The lowest BCUT2D eigenvalue weighted by molar-refractivity contribution is -0.120. The number of rotatable bonds is 5. The number of hydrogen-bond acceptors (Lipinski definition) is 6. The summed E-state index contributed by atoms with van der Waals surface area (Å²) in [4.78, 5) is 20.8. The second-order valence-corrected chi connectivity index (χ2v) is 10.3. The maximum Gasteiger partial charge on any atom is 0.264 e. The minimum absolute atomic E-state index is 0. The van der Waals surface area contributed by atoms with Gasteiger partial charge in [0.25, 0.3) is 5.91 Å². The lowest BCUT2D eigenvalue weighted by atomic mass is 9.90. The molecule has 2 aromatic carbocycles. The largest absolute Gasteiger partial charge is 0.486 e. The summed E-state index contributed by atoms with van der Waals surface area (Å²) in [6.45, 7) is 5.76. The first-order valence-electron chi connectivity index (χ1n) is 13.0. The Hall–Kier alpha value is -2.74. The molecule has 38 heavy (non-hydrogen) atoms. The number of ether oxygens (including phenoxy) is 3.